The van der Waals surface area contributed by atoms with Gasteiger partial charge in [0.15, 0.2) is 0 Å². The fraction of sp³-hybridized carbons (Fsp3) is 0. The third kappa shape index (κ3) is 2.18. The molecule has 3 rings (SSSR count). The summed E-state index contributed by atoms with van der Waals surface area (Å²) in [4.78, 5) is 14.8. The van der Waals surface area contributed by atoms with Gasteiger partial charge in [-0.05, 0) is 24.3 Å². The summed E-state index contributed by atoms with van der Waals surface area (Å²) >= 11 is 0. The Morgan fingerprint density at radius 3 is 2.27 bits per heavy atom. The van der Waals surface area contributed by atoms with Gasteiger partial charge < -0.3 is 5.11 Å². The summed E-state index contributed by atoms with van der Waals surface area (Å²) in [6.07, 6.45) is 0.851. The average Bonchev–Trinajstić information content (AvgIpc) is 2.49. The topological polar surface area (TPSA) is 50.2 Å². The molecular formula is C16H8F3NO2. The minimum atomic E-state index is -1.23. The second kappa shape index (κ2) is 5.14. The number of hydrogen-bond acceptors (Lipinski definition) is 2. The fourth-order valence-corrected chi connectivity index (χ4v) is 2.27. The lowest BCUT2D eigenvalue weighted by atomic mass is 10.0. The van der Waals surface area contributed by atoms with Crippen molar-refractivity contribution in [3.8, 4) is 11.3 Å². The molecule has 1 aromatic heterocycles. The van der Waals surface area contributed by atoms with Gasteiger partial charge in [-0.3, -0.25) is 4.98 Å². The number of carboxylic acids is 1. The molecule has 0 fully saturated rings. The summed E-state index contributed by atoms with van der Waals surface area (Å²) in [7, 11) is 0. The second-order valence-corrected chi connectivity index (χ2v) is 4.62. The summed E-state index contributed by atoms with van der Waals surface area (Å²) in [6.45, 7) is 0. The zero-order chi connectivity index (χ0) is 15.9. The molecule has 0 spiro atoms. The first-order valence-electron chi connectivity index (χ1n) is 6.25. The van der Waals surface area contributed by atoms with Crippen LogP contribution >= 0.6 is 0 Å². The molecule has 0 aliphatic rings. The van der Waals surface area contributed by atoms with Crippen molar-refractivity contribution in [2.24, 2.45) is 0 Å². The number of benzene rings is 2. The minimum Gasteiger partial charge on any atom is -0.478 e. The molecule has 0 bridgehead atoms. The summed E-state index contributed by atoms with van der Waals surface area (Å²) in [5.41, 5.74) is -0.692. The van der Waals surface area contributed by atoms with Gasteiger partial charge in [-0.15, -0.1) is 0 Å². The predicted molar refractivity (Wildman–Crippen MR) is 74.0 cm³/mol. The van der Waals surface area contributed by atoms with Gasteiger partial charge in [0.05, 0.1) is 23.0 Å². The van der Waals surface area contributed by atoms with Crippen LogP contribution in [0.25, 0.3) is 22.0 Å². The van der Waals surface area contributed by atoms with Gasteiger partial charge in [0.25, 0.3) is 0 Å². The lowest BCUT2D eigenvalue weighted by Crippen LogP contribution is -1.99. The van der Waals surface area contributed by atoms with E-state index in [0.717, 1.165) is 24.4 Å². The summed E-state index contributed by atoms with van der Waals surface area (Å²) in [5.74, 6) is -3.65. The Bertz CT molecular complexity index is 889. The van der Waals surface area contributed by atoms with E-state index in [1.807, 2.05) is 0 Å². The van der Waals surface area contributed by atoms with Crippen LogP contribution in [0.3, 0.4) is 0 Å². The Morgan fingerprint density at radius 1 is 0.955 bits per heavy atom. The number of carbonyl (C=O) groups is 1. The molecule has 0 amide bonds. The average molecular weight is 303 g/mol. The zero-order valence-electron chi connectivity index (χ0n) is 11.0. The molecule has 1 heterocycles. The Kier molecular flexibility index (Phi) is 3.29. The van der Waals surface area contributed by atoms with Crippen molar-refractivity contribution in [2.75, 3.05) is 0 Å². The molecule has 3 nitrogen and oxygen atoms in total. The monoisotopic (exact) mass is 303 g/mol. The van der Waals surface area contributed by atoms with E-state index in [9.17, 15) is 18.0 Å². The molecule has 0 saturated carbocycles. The molecule has 0 aliphatic carbocycles. The first-order chi connectivity index (χ1) is 10.5. The molecule has 0 atom stereocenters. The molecule has 3 aromatic rings. The number of carboxylic acid groups (broad SMARTS) is 1. The van der Waals surface area contributed by atoms with Gasteiger partial charge in [0, 0.05) is 10.8 Å². The molecule has 0 unspecified atom stereocenters. The van der Waals surface area contributed by atoms with E-state index in [4.69, 9.17) is 5.11 Å². The van der Waals surface area contributed by atoms with Crippen LogP contribution in [0.5, 0.6) is 0 Å². The summed E-state index contributed by atoms with van der Waals surface area (Å²) in [5, 5.41) is 9.09. The molecule has 0 radical (unpaired) electrons. The van der Waals surface area contributed by atoms with Gasteiger partial charge >= 0.3 is 5.97 Å². The number of aromatic nitrogens is 1. The highest BCUT2D eigenvalue weighted by atomic mass is 19.1. The number of fused-ring (bicyclic) bond motifs is 1. The van der Waals surface area contributed by atoms with Crippen LogP contribution in [0.1, 0.15) is 10.4 Å². The van der Waals surface area contributed by atoms with Crippen molar-refractivity contribution in [3.63, 3.8) is 0 Å². The third-order valence-electron chi connectivity index (χ3n) is 3.29. The fourth-order valence-electron chi connectivity index (χ4n) is 2.27. The van der Waals surface area contributed by atoms with E-state index in [1.165, 1.54) is 18.2 Å². The van der Waals surface area contributed by atoms with Gasteiger partial charge in [0.1, 0.15) is 17.5 Å². The van der Waals surface area contributed by atoms with E-state index < -0.39 is 29.0 Å². The molecular weight excluding hydrogens is 295 g/mol. The number of pyridine rings is 1. The molecule has 110 valence electrons. The lowest BCUT2D eigenvalue weighted by Gasteiger charge is -2.09. The van der Waals surface area contributed by atoms with Crippen LogP contribution < -0.4 is 0 Å². The normalized spacial score (nSPS) is 10.9. The molecule has 1 N–H and O–H groups in total. The van der Waals surface area contributed by atoms with Gasteiger partial charge in [-0.25, -0.2) is 18.0 Å². The number of nitrogens with zero attached hydrogens (tertiary/aromatic N) is 1. The van der Waals surface area contributed by atoms with Crippen LogP contribution in [0, 0.1) is 17.5 Å². The van der Waals surface area contributed by atoms with Crippen LogP contribution in [-0.4, -0.2) is 16.1 Å². The van der Waals surface area contributed by atoms with Crippen molar-refractivity contribution < 1.29 is 23.1 Å². The largest absolute Gasteiger partial charge is 0.478 e. The summed E-state index contributed by atoms with van der Waals surface area (Å²) in [6, 6.07) is 6.91. The van der Waals surface area contributed by atoms with E-state index >= 15 is 0 Å². The van der Waals surface area contributed by atoms with Crippen molar-refractivity contribution >= 4 is 16.7 Å². The van der Waals surface area contributed by atoms with Gasteiger partial charge in [-0.2, -0.15) is 0 Å². The van der Waals surface area contributed by atoms with E-state index in [1.54, 1.807) is 0 Å². The Balaban J connectivity index is 2.41. The maximum absolute atomic E-state index is 13.9. The molecule has 22 heavy (non-hydrogen) atoms. The highest BCUT2D eigenvalue weighted by molar-refractivity contribution is 6.00. The lowest BCUT2D eigenvalue weighted by molar-refractivity contribution is 0.0697. The standard InChI is InChI=1S/C16H8F3NO2/c17-11-2-1-3-12(18)14(11)15-10-6-8(16(21)22)4-5-9(10)13(19)7-20-15/h1-7H,(H,21,22). The van der Waals surface area contributed by atoms with Crippen LogP contribution in [-0.2, 0) is 0 Å². The Labute approximate surface area is 122 Å². The maximum atomic E-state index is 13.9. The van der Waals surface area contributed by atoms with E-state index in [2.05, 4.69) is 4.98 Å². The molecule has 2 aromatic carbocycles. The highest BCUT2D eigenvalue weighted by Crippen LogP contribution is 2.32. The number of rotatable bonds is 2. The van der Waals surface area contributed by atoms with E-state index in [-0.39, 0.29) is 22.0 Å². The maximum Gasteiger partial charge on any atom is 0.335 e. The van der Waals surface area contributed by atoms with Gasteiger partial charge in [-0.1, -0.05) is 12.1 Å². The zero-order valence-corrected chi connectivity index (χ0v) is 11.0. The number of halogens is 3. The molecule has 0 aliphatic heterocycles. The second-order valence-electron chi connectivity index (χ2n) is 4.62. The number of hydrogen-bond donors (Lipinski definition) is 1. The SMILES string of the molecule is O=C(O)c1ccc2c(F)cnc(-c3c(F)cccc3F)c2c1. The summed E-state index contributed by atoms with van der Waals surface area (Å²) < 4.78 is 41.7. The molecule has 0 saturated heterocycles. The highest BCUT2D eigenvalue weighted by Gasteiger charge is 2.18. The molecule has 6 heteroatoms. The van der Waals surface area contributed by atoms with Crippen molar-refractivity contribution in [1.82, 2.24) is 4.98 Å². The van der Waals surface area contributed by atoms with Crippen LogP contribution in [0.4, 0.5) is 13.2 Å². The van der Waals surface area contributed by atoms with Crippen molar-refractivity contribution in [3.05, 3.63) is 65.6 Å². The van der Waals surface area contributed by atoms with E-state index in [0.29, 0.717) is 0 Å². The predicted octanol–water partition coefficient (Wildman–Crippen LogP) is 4.02. The number of aromatic carboxylic acids is 1. The first kappa shape index (κ1) is 14.1. The minimum absolute atomic E-state index is 0.0314. The smallest absolute Gasteiger partial charge is 0.335 e. The Morgan fingerprint density at radius 2 is 1.64 bits per heavy atom. The van der Waals surface area contributed by atoms with Crippen LogP contribution in [0.15, 0.2) is 42.6 Å². The van der Waals surface area contributed by atoms with Crippen LogP contribution in [0.2, 0.25) is 0 Å². The Hall–Kier alpha value is -2.89. The van der Waals surface area contributed by atoms with Crippen molar-refractivity contribution in [1.29, 1.82) is 0 Å². The quantitative estimate of drug-likeness (QED) is 0.778. The van der Waals surface area contributed by atoms with Crippen molar-refractivity contribution in [2.45, 2.75) is 0 Å². The first-order valence-corrected chi connectivity index (χ1v) is 6.25. The third-order valence-corrected chi connectivity index (χ3v) is 3.29. The van der Waals surface area contributed by atoms with Gasteiger partial charge in [0.2, 0.25) is 0 Å².